The Morgan fingerprint density at radius 2 is 2.05 bits per heavy atom. The Labute approximate surface area is 114 Å². The fourth-order valence-electron chi connectivity index (χ4n) is 2.23. The largest absolute Gasteiger partial charge is 0.418 e. The summed E-state index contributed by atoms with van der Waals surface area (Å²) < 4.78 is 38.9. The fraction of sp³-hybridized carbons (Fsp3) is 0.538. The van der Waals surface area contributed by atoms with E-state index < -0.39 is 11.7 Å². The van der Waals surface area contributed by atoms with Crippen LogP contribution in [0.3, 0.4) is 0 Å². The van der Waals surface area contributed by atoms with Gasteiger partial charge in [0.2, 0.25) is 0 Å². The number of hydrogen-bond acceptors (Lipinski definition) is 3. The Morgan fingerprint density at radius 3 is 2.53 bits per heavy atom. The van der Waals surface area contributed by atoms with E-state index in [2.05, 4.69) is 5.32 Å². The van der Waals surface area contributed by atoms with Gasteiger partial charge in [-0.15, -0.1) is 0 Å². The van der Waals surface area contributed by atoms with Gasteiger partial charge < -0.3 is 11.1 Å². The molecular weight excluding hydrogens is 273 g/mol. The number of rotatable bonds is 4. The first-order chi connectivity index (χ1) is 8.86. The molecule has 1 fully saturated rings. The molecule has 2 rings (SSSR count). The van der Waals surface area contributed by atoms with Crippen LogP contribution in [0.15, 0.2) is 18.2 Å². The molecule has 1 aromatic carbocycles. The Balaban J connectivity index is 2.16. The van der Waals surface area contributed by atoms with Gasteiger partial charge in [-0.3, -0.25) is 0 Å². The van der Waals surface area contributed by atoms with Gasteiger partial charge in [-0.1, -0.05) is 6.42 Å². The number of alkyl halides is 3. The van der Waals surface area contributed by atoms with E-state index in [1.807, 2.05) is 6.26 Å². The standard InChI is InChI=1S/C13H17F3N2S/c1-19-12(5-2-6-12)8-18-11-4-3-9(17)7-10(11)13(14,15)16/h3-4,7,18H,2,5-6,8,17H2,1H3. The maximum Gasteiger partial charge on any atom is 0.418 e. The number of nitrogen functional groups attached to an aromatic ring is 1. The van der Waals surface area contributed by atoms with Crippen LogP contribution in [0.25, 0.3) is 0 Å². The topological polar surface area (TPSA) is 38.0 Å². The maximum absolute atomic E-state index is 12.9. The van der Waals surface area contributed by atoms with Crippen LogP contribution in [0.5, 0.6) is 0 Å². The van der Waals surface area contributed by atoms with Crippen molar-refractivity contribution in [2.75, 3.05) is 23.9 Å². The van der Waals surface area contributed by atoms with Gasteiger partial charge >= 0.3 is 6.18 Å². The molecule has 0 atom stereocenters. The number of hydrogen-bond donors (Lipinski definition) is 2. The Hall–Kier alpha value is -1.04. The Kier molecular flexibility index (Phi) is 3.90. The van der Waals surface area contributed by atoms with Gasteiger partial charge in [0.05, 0.1) is 5.56 Å². The van der Waals surface area contributed by atoms with E-state index in [9.17, 15) is 13.2 Å². The minimum Gasteiger partial charge on any atom is -0.399 e. The van der Waals surface area contributed by atoms with Crippen LogP contribution in [-0.2, 0) is 6.18 Å². The first-order valence-electron chi connectivity index (χ1n) is 6.12. The zero-order chi connectivity index (χ0) is 14.1. The average molecular weight is 290 g/mol. The summed E-state index contributed by atoms with van der Waals surface area (Å²) in [6.45, 7) is 0.557. The summed E-state index contributed by atoms with van der Waals surface area (Å²) in [5.74, 6) is 0. The van der Waals surface area contributed by atoms with Gasteiger partial charge in [0.15, 0.2) is 0 Å². The zero-order valence-electron chi connectivity index (χ0n) is 10.7. The van der Waals surface area contributed by atoms with Crippen molar-refractivity contribution < 1.29 is 13.2 Å². The molecule has 0 aliphatic heterocycles. The SMILES string of the molecule is CSC1(CNc2ccc(N)cc2C(F)(F)F)CCC1. The van der Waals surface area contributed by atoms with Crippen LogP contribution in [0, 0.1) is 0 Å². The molecular formula is C13H17F3N2S. The first-order valence-corrected chi connectivity index (χ1v) is 7.34. The summed E-state index contributed by atoms with van der Waals surface area (Å²) in [4.78, 5) is 0. The monoisotopic (exact) mass is 290 g/mol. The van der Waals surface area contributed by atoms with Crippen molar-refractivity contribution in [3.63, 3.8) is 0 Å². The third-order valence-corrected chi connectivity index (χ3v) is 5.07. The molecule has 106 valence electrons. The van der Waals surface area contributed by atoms with Gasteiger partial charge in [-0.05, 0) is 37.3 Å². The molecule has 3 N–H and O–H groups in total. The van der Waals surface area contributed by atoms with Crippen LogP contribution < -0.4 is 11.1 Å². The van der Waals surface area contributed by atoms with Crippen LogP contribution in [0.2, 0.25) is 0 Å². The summed E-state index contributed by atoms with van der Waals surface area (Å²) in [7, 11) is 0. The lowest BCUT2D eigenvalue weighted by molar-refractivity contribution is -0.136. The van der Waals surface area contributed by atoms with E-state index >= 15 is 0 Å². The average Bonchev–Trinajstić information content (AvgIpc) is 2.28. The highest BCUT2D eigenvalue weighted by Crippen LogP contribution is 2.43. The molecule has 0 amide bonds. The number of anilines is 2. The highest BCUT2D eigenvalue weighted by atomic mass is 32.2. The predicted molar refractivity (Wildman–Crippen MR) is 74.4 cm³/mol. The van der Waals surface area contributed by atoms with E-state index in [1.54, 1.807) is 11.8 Å². The lowest BCUT2D eigenvalue weighted by Gasteiger charge is -2.41. The van der Waals surface area contributed by atoms with Gasteiger partial charge in [-0.25, -0.2) is 0 Å². The van der Waals surface area contributed by atoms with Crippen LogP contribution in [0.4, 0.5) is 24.5 Å². The second-order valence-corrected chi connectivity index (χ2v) is 6.17. The minimum absolute atomic E-state index is 0.0876. The van der Waals surface area contributed by atoms with E-state index in [1.165, 1.54) is 12.1 Å². The van der Waals surface area contributed by atoms with Gasteiger partial charge in [0.1, 0.15) is 0 Å². The van der Waals surface area contributed by atoms with Crippen molar-refractivity contribution >= 4 is 23.1 Å². The first kappa shape index (κ1) is 14.4. The van der Waals surface area contributed by atoms with E-state index in [0.717, 1.165) is 25.3 Å². The van der Waals surface area contributed by atoms with Crippen molar-refractivity contribution in [3.05, 3.63) is 23.8 Å². The molecule has 1 saturated carbocycles. The summed E-state index contributed by atoms with van der Waals surface area (Å²) in [6, 6.07) is 3.88. The molecule has 0 heterocycles. The molecule has 0 aromatic heterocycles. The molecule has 1 aliphatic rings. The minimum atomic E-state index is -4.39. The van der Waals surface area contributed by atoms with Crippen molar-refractivity contribution in [1.29, 1.82) is 0 Å². The summed E-state index contributed by atoms with van der Waals surface area (Å²) in [6.07, 6.45) is 0.879. The summed E-state index contributed by atoms with van der Waals surface area (Å²) >= 11 is 1.73. The Bertz CT molecular complexity index is 450. The quantitative estimate of drug-likeness (QED) is 0.824. The van der Waals surface area contributed by atoms with E-state index in [-0.39, 0.29) is 16.1 Å². The Morgan fingerprint density at radius 1 is 1.37 bits per heavy atom. The summed E-state index contributed by atoms with van der Waals surface area (Å²) in [5, 5.41) is 2.94. The predicted octanol–water partition coefficient (Wildman–Crippen LogP) is 3.99. The molecule has 0 radical (unpaired) electrons. The molecule has 1 aromatic rings. The maximum atomic E-state index is 12.9. The second-order valence-electron chi connectivity index (χ2n) is 4.90. The second kappa shape index (κ2) is 5.15. The molecule has 19 heavy (non-hydrogen) atoms. The number of thioether (sulfide) groups is 1. The normalized spacial score (nSPS) is 17.9. The van der Waals surface area contributed by atoms with Gasteiger partial charge in [0, 0.05) is 22.7 Å². The molecule has 0 saturated heterocycles. The van der Waals surface area contributed by atoms with Crippen LogP contribution >= 0.6 is 11.8 Å². The van der Waals surface area contributed by atoms with E-state index in [0.29, 0.717) is 6.54 Å². The number of nitrogens with two attached hydrogens (primary N) is 1. The molecule has 0 spiro atoms. The highest BCUT2D eigenvalue weighted by molar-refractivity contribution is 8.00. The molecule has 0 bridgehead atoms. The van der Waals surface area contributed by atoms with Crippen molar-refractivity contribution in [2.24, 2.45) is 0 Å². The van der Waals surface area contributed by atoms with Crippen molar-refractivity contribution in [1.82, 2.24) is 0 Å². The number of halogens is 3. The van der Waals surface area contributed by atoms with E-state index in [4.69, 9.17) is 5.73 Å². The van der Waals surface area contributed by atoms with Gasteiger partial charge in [0.25, 0.3) is 0 Å². The number of benzene rings is 1. The van der Waals surface area contributed by atoms with Crippen molar-refractivity contribution in [2.45, 2.75) is 30.2 Å². The number of nitrogens with one attached hydrogen (secondary N) is 1. The van der Waals surface area contributed by atoms with Gasteiger partial charge in [-0.2, -0.15) is 24.9 Å². The zero-order valence-corrected chi connectivity index (χ0v) is 11.5. The third kappa shape index (κ3) is 3.11. The van der Waals surface area contributed by atoms with Crippen molar-refractivity contribution in [3.8, 4) is 0 Å². The summed E-state index contributed by atoms with van der Waals surface area (Å²) in [5.41, 5.74) is 4.99. The third-order valence-electron chi connectivity index (χ3n) is 3.65. The van der Waals surface area contributed by atoms with Crippen LogP contribution in [-0.4, -0.2) is 17.5 Å². The van der Waals surface area contributed by atoms with Crippen LogP contribution in [0.1, 0.15) is 24.8 Å². The fourth-order valence-corrected chi connectivity index (χ4v) is 3.14. The lowest BCUT2D eigenvalue weighted by Crippen LogP contribution is -2.40. The smallest absolute Gasteiger partial charge is 0.399 e. The highest BCUT2D eigenvalue weighted by Gasteiger charge is 2.37. The molecule has 1 aliphatic carbocycles. The molecule has 6 heteroatoms. The molecule has 2 nitrogen and oxygen atoms in total. The molecule has 0 unspecified atom stereocenters. The lowest BCUT2D eigenvalue weighted by atomic mass is 9.84.